The first-order chi connectivity index (χ1) is 27.2. The summed E-state index contributed by atoms with van der Waals surface area (Å²) >= 11 is 0. The van der Waals surface area contributed by atoms with Gasteiger partial charge in [0.2, 0.25) is 35.7 Å². The van der Waals surface area contributed by atoms with Crippen LogP contribution in [-0.2, 0) is 0 Å². The van der Waals surface area contributed by atoms with Gasteiger partial charge in [0, 0.05) is 91.6 Å². The molecule has 0 atom stereocenters. The number of rotatable bonds is 30. The molecule has 0 saturated carbocycles. The molecule has 22 heteroatoms. The zero-order valence-electron chi connectivity index (χ0n) is 32.6. The fourth-order valence-electron chi connectivity index (χ4n) is 5.53. The van der Waals surface area contributed by atoms with Gasteiger partial charge in [-0.05, 0) is 49.9 Å². The van der Waals surface area contributed by atoms with Crippen molar-refractivity contribution in [3.05, 3.63) is 35.4 Å². The highest BCUT2D eigenvalue weighted by Gasteiger charge is 2.10. The molecule has 2 heterocycles. The zero-order valence-corrected chi connectivity index (χ0v) is 32.6. The molecule has 0 unspecified atom stereocenters. The van der Waals surface area contributed by atoms with Crippen LogP contribution < -0.4 is 77.1 Å². The first kappa shape index (κ1) is 45.1. The molecule has 0 aliphatic heterocycles. The molecule has 22 nitrogen and oxygen atoms in total. The average Bonchev–Trinajstić information content (AvgIpc) is 3.17. The monoisotopic (exact) mass is 783 g/mol. The van der Waals surface area contributed by atoms with Gasteiger partial charge in [-0.25, -0.2) is 0 Å². The van der Waals surface area contributed by atoms with Gasteiger partial charge in [-0.15, -0.1) is 0 Å². The summed E-state index contributed by atoms with van der Waals surface area (Å²) in [5.41, 5.74) is 48.9. The summed E-state index contributed by atoms with van der Waals surface area (Å²) in [6.45, 7) is 10.9. The number of unbranched alkanes of at least 4 members (excludes halogenated alkanes) is 2. The van der Waals surface area contributed by atoms with Crippen LogP contribution in [0.1, 0.15) is 36.8 Å². The van der Waals surface area contributed by atoms with E-state index in [0.29, 0.717) is 101 Å². The van der Waals surface area contributed by atoms with Crippen molar-refractivity contribution in [2.45, 2.75) is 25.7 Å². The second kappa shape index (κ2) is 26.5. The van der Waals surface area contributed by atoms with Crippen molar-refractivity contribution < 1.29 is 9.98 Å². The molecule has 0 aliphatic carbocycles. The highest BCUT2D eigenvalue weighted by atomic mass is 15.3. The van der Waals surface area contributed by atoms with Crippen LogP contribution in [0, 0.1) is 0 Å². The van der Waals surface area contributed by atoms with Gasteiger partial charge < -0.3 is 55.7 Å². The van der Waals surface area contributed by atoms with Gasteiger partial charge in [0.05, 0.1) is 24.2 Å². The van der Waals surface area contributed by atoms with E-state index < -0.39 is 0 Å². The zero-order chi connectivity index (χ0) is 40.4. The lowest BCUT2D eigenvalue weighted by Gasteiger charge is -2.20. The third kappa shape index (κ3) is 17.9. The number of aromatic nitrogens is 6. The number of nitrogens with zero attached hydrogens (tertiary/aromatic N) is 8. The van der Waals surface area contributed by atoms with Crippen molar-refractivity contribution >= 4 is 47.4 Å². The minimum absolute atomic E-state index is 0.147. The van der Waals surface area contributed by atoms with Gasteiger partial charge >= 0.3 is 0 Å². The molecule has 2 aromatic heterocycles. The molecule has 0 fully saturated rings. The Kier molecular flexibility index (Phi) is 21.4. The number of hydrogen-bond donors (Lipinski definition) is 14. The number of amidine groups is 2. The predicted molar refractivity (Wildman–Crippen MR) is 225 cm³/mol. The van der Waals surface area contributed by atoms with Gasteiger partial charge in [-0.3, -0.25) is 31.3 Å². The molecule has 3 rings (SSSR count). The van der Waals surface area contributed by atoms with Crippen LogP contribution in [0.25, 0.3) is 0 Å². The highest BCUT2D eigenvalue weighted by molar-refractivity contribution is 5.96. The average molecular weight is 783 g/mol. The number of nitrogens with two attached hydrogens (primary N) is 8. The predicted octanol–water partition coefficient (Wildman–Crippen LogP) is -6.16. The topological polar surface area (TPSA) is 368 Å². The molecule has 3 aromatic rings. The maximum Gasteiger partial charge on any atom is 0.272 e. The van der Waals surface area contributed by atoms with Gasteiger partial charge in [0.25, 0.3) is 11.7 Å². The molecule has 0 spiro atoms. The van der Waals surface area contributed by atoms with E-state index in [9.17, 15) is 0 Å². The van der Waals surface area contributed by atoms with Crippen LogP contribution in [0.15, 0.2) is 24.3 Å². The van der Waals surface area contributed by atoms with Gasteiger partial charge in [0.1, 0.15) is 0 Å². The minimum atomic E-state index is 0.147. The van der Waals surface area contributed by atoms with E-state index in [0.717, 1.165) is 76.1 Å². The molecule has 0 amide bonds. The quantitative estimate of drug-likeness (QED) is 0.0170. The van der Waals surface area contributed by atoms with Crippen LogP contribution in [0.2, 0.25) is 0 Å². The van der Waals surface area contributed by atoms with Crippen molar-refractivity contribution in [3.63, 3.8) is 0 Å². The summed E-state index contributed by atoms with van der Waals surface area (Å²) in [5, 5.41) is 12.8. The summed E-state index contributed by atoms with van der Waals surface area (Å²) < 4.78 is 0. The van der Waals surface area contributed by atoms with E-state index in [4.69, 9.17) is 45.9 Å². The Hall–Kier alpha value is -5.26. The Bertz CT molecular complexity index is 1460. The van der Waals surface area contributed by atoms with Crippen LogP contribution in [0.4, 0.5) is 35.7 Å². The normalized spacial score (nSPS) is 12.0. The summed E-state index contributed by atoms with van der Waals surface area (Å²) in [4.78, 5) is 36.5. The van der Waals surface area contributed by atoms with E-state index in [1.807, 2.05) is 24.3 Å². The third-order valence-corrected chi connectivity index (χ3v) is 8.42. The fraction of sp³-hybridized carbons (Fsp3) is 0.588. The number of anilines is 6. The molecular weight excluding hydrogens is 717 g/mol. The lowest BCUT2D eigenvalue weighted by atomic mass is 10.1. The Labute approximate surface area is 329 Å². The largest absolute Gasteiger partial charge is 0.368 e. The second-order valence-corrected chi connectivity index (χ2v) is 12.9. The molecule has 22 N–H and O–H groups in total. The van der Waals surface area contributed by atoms with Crippen molar-refractivity contribution in [2.24, 2.45) is 34.4 Å². The number of nitrogen functional groups attached to an aromatic ring is 4. The SMILES string of the molecule is NCCN(CCN)CCNc1nc(N)nc(NCCCC[NH+]=C(N)c2ccc(C(N)=[NH+]CCCCNc3nc(N)nc(NCCN(CCN)CCN)n3)cc2)n1. The number of hydrogen-bond acceptors (Lipinski definition) is 18. The lowest BCUT2D eigenvalue weighted by molar-refractivity contribution is -0.458. The van der Waals surface area contributed by atoms with Crippen molar-refractivity contribution in [3.8, 4) is 0 Å². The van der Waals surface area contributed by atoms with Crippen LogP contribution >= 0.6 is 0 Å². The maximum atomic E-state index is 6.33. The molecule has 310 valence electrons. The Morgan fingerprint density at radius 2 is 0.786 bits per heavy atom. The fourth-order valence-corrected chi connectivity index (χ4v) is 5.53. The molecule has 0 saturated heterocycles. The van der Waals surface area contributed by atoms with E-state index in [1.165, 1.54) is 0 Å². The smallest absolute Gasteiger partial charge is 0.272 e. The van der Waals surface area contributed by atoms with E-state index >= 15 is 0 Å². The lowest BCUT2D eigenvalue weighted by Crippen LogP contribution is -2.76. The van der Waals surface area contributed by atoms with Gasteiger partial charge in [-0.2, -0.15) is 29.9 Å². The van der Waals surface area contributed by atoms with Crippen molar-refractivity contribution in [1.82, 2.24) is 39.7 Å². The summed E-state index contributed by atoms with van der Waals surface area (Å²) in [5.74, 6) is 3.18. The molecule has 1 aromatic carbocycles. The van der Waals surface area contributed by atoms with Crippen molar-refractivity contribution in [2.75, 3.05) is 137 Å². The van der Waals surface area contributed by atoms with Crippen LogP contribution in [-0.4, -0.2) is 156 Å². The summed E-state index contributed by atoms with van der Waals surface area (Å²) in [7, 11) is 0. The van der Waals surface area contributed by atoms with E-state index in [1.54, 1.807) is 0 Å². The molecule has 56 heavy (non-hydrogen) atoms. The molecule has 0 aliphatic rings. The van der Waals surface area contributed by atoms with Crippen molar-refractivity contribution in [1.29, 1.82) is 0 Å². The van der Waals surface area contributed by atoms with Crippen LogP contribution in [0.5, 0.6) is 0 Å². The standard InChI is InChI=1S/C34H64N22/c35-9-19-55(20-10-36)23-17-47-33-51-29(41)49-31(53-33)45-15-3-1-13-43-27(39)25-5-7-26(8-6-25)28(40)44-14-2-4-16-46-32-50-30(42)52-34(54-32)48-18-24-56(21-11-37)22-12-38/h5-8H,1-4,9-24,35-38H2,(H2,39,43)(H2,40,44)(H4,41,45,47,49,51,53)(H4,42,46,48,50,52,54)/p+2. The Morgan fingerprint density at radius 3 is 1.11 bits per heavy atom. The number of nitrogens with one attached hydrogen (secondary N) is 6. The van der Waals surface area contributed by atoms with Crippen LogP contribution in [0.3, 0.4) is 0 Å². The first-order valence-electron chi connectivity index (χ1n) is 19.3. The minimum Gasteiger partial charge on any atom is -0.368 e. The van der Waals surface area contributed by atoms with Gasteiger partial charge in [0.15, 0.2) is 0 Å². The van der Waals surface area contributed by atoms with Gasteiger partial charge in [-0.1, -0.05) is 0 Å². The molecular formula is C34H66N22+2. The Morgan fingerprint density at radius 1 is 0.464 bits per heavy atom. The highest BCUT2D eigenvalue weighted by Crippen LogP contribution is 2.08. The number of benzene rings is 1. The van der Waals surface area contributed by atoms with E-state index in [2.05, 4.69) is 71.0 Å². The third-order valence-electron chi connectivity index (χ3n) is 8.42. The maximum absolute atomic E-state index is 6.33. The second-order valence-electron chi connectivity index (χ2n) is 12.9. The first-order valence-corrected chi connectivity index (χ1v) is 19.3. The summed E-state index contributed by atoms with van der Waals surface area (Å²) in [6, 6.07) is 7.79. The molecule has 0 bridgehead atoms. The van der Waals surface area contributed by atoms with E-state index in [-0.39, 0.29) is 11.9 Å². The summed E-state index contributed by atoms with van der Waals surface area (Å²) in [6.07, 6.45) is 3.49. The molecule has 0 radical (unpaired) electrons. The Balaban J connectivity index is 1.32.